The number of hydrogen-bond acceptors (Lipinski definition) is 3. The van der Waals surface area contributed by atoms with Gasteiger partial charge in [0.05, 0.1) is 11.3 Å². The van der Waals surface area contributed by atoms with Crippen molar-refractivity contribution in [1.29, 1.82) is 0 Å². The molecule has 2 N–H and O–H groups in total. The Hall–Kier alpha value is -3.34. The number of para-hydroxylation sites is 1. The molecule has 0 radical (unpaired) electrons. The third kappa shape index (κ3) is 3.32. The van der Waals surface area contributed by atoms with E-state index < -0.39 is 0 Å². The second-order valence-electron chi connectivity index (χ2n) is 10.1. The van der Waals surface area contributed by atoms with Crippen LogP contribution in [0.5, 0.6) is 0 Å². The first-order chi connectivity index (χ1) is 15.2. The molecule has 0 amide bonds. The van der Waals surface area contributed by atoms with Crippen molar-refractivity contribution in [2.24, 2.45) is 5.41 Å². The SMILES string of the molecule is CC(C)c1ccc([C@H]2C3=C(CC(C)(C)CC3=O)Nc3[nH]n(-c4ccccc4)c(=O)c32)cc1. The lowest BCUT2D eigenvalue weighted by molar-refractivity contribution is -0.118. The number of Topliss-reactive ketones (excluding diaryl/α,β-unsaturated/α-hetero) is 1. The lowest BCUT2D eigenvalue weighted by Crippen LogP contribution is -2.35. The van der Waals surface area contributed by atoms with Gasteiger partial charge in [-0.25, -0.2) is 4.68 Å². The molecule has 0 spiro atoms. The van der Waals surface area contributed by atoms with Gasteiger partial charge in [-0.3, -0.25) is 14.7 Å². The minimum atomic E-state index is -0.375. The van der Waals surface area contributed by atoms with E-state index in [9.17, 15) is 9.59 Å². The highest BCUT2D eigenvalue weighted by Gasteiger charge is 2.42. The van der Waals surface area contributed by atoms with Crippen LogP contribution in [0.1, 0.15) is 69.1 Å². The maximum atomic E-state index is 13.6. The maximum absolute atomic E-state index is 13.6. The summed E-state index contributed by atoms with van der Waals surface area (Å²) in [7, 11) is 0. The summed E-state index contributed by atoms with van der Waals surface area (Å²) in [5, 5.41) is 6.70. The fraction of sp³-hybridized carbons (Fsp3) is 0.333. The number of carbonyl (C=O) groups is 1. The second-order valence-corrected chi connectivity index (χ2v) is 10.1. The summed E-state index contributed by atoms with van der Waals surface area (Å²) in [5.74, 6) is 0.849. The Morgan fingerprint density at radius 1 is 0.969 bits per heavy atom. The Morgan fingerprint density at radius 3 is 2.31 bits per heavy atom. The van der Waals surface area contributed by atoms with Gasteiger partial charge in [-0.2, -0.15) is 0 Å². The van der Waals surface area contributed by atoms with Gasteiger partial charge in [-0.1, -0.05) is 70.2 Å². The zero-order valence-corrected chi connectivity index (χ0v) is 19.0. The van der Waals surface area contributed by atoms with Crippen LogP contribution in [-0.2, 0) is 4.79 Å². The molecule has 1 aromatic heterocycles. The number of anilines is 1. The minimum Gasteiger partial charge on any atom is -0.343 e. The number of benzene rings is 2. The Labute approximate surface area is 188 Å². The molecule has 2 aromatic carbocycles. The molecule has 0 saturated carbocycles. The number of fused-ring (bicyclic) bond motifs is 1. The third-order valence-corrected chi connectivity index (χ3v) is 6.65. The van der Waals surface area contributed by atoms with Crippen LogP contribution in [0.15, 0.2) is 70.7 Å². The van der Waals surface area contributed by atoms with Gasteiger partial charge in [-0.05, 0) is 41.0 Å². The van der Waals surface area contributed by atoms with E-state index in [1.807, 2.05) is 30.3 Å². The standard InChI is InChI=1S/C27H29N3O2/c1-16(2)17-10-12-18(13-11-17)22-23-20(14-27(3,4)15-21(23)31)28-25-24(22)26(32)30(29-25)19-8-6-5-7-9-19/h5-13,16,22,28-29H,14-15H2,1-4H3/t22-/m0/s1. The number of nitrogens with one attached hydrogen (secondary N) is 2. The lowest BCUT2D eigenvalue weighted by atomic mass is 9.69. The molecule has 3 aromatic rings. The van der Waals surface area contributed by atoms with Crippen molar-refractivity contribution in [2.45, 2.75) is 52.4 Å². The van der Waals surface area contributed by atoms with Gasteiger partial charge in [0, 0.05) is 23.6 Å². The molecule has 5 heteroatoms. The molecular formula is C27H29N3O2. The largest absolute Gasteiger partial charge is 0.343 e. The molecule has 1 aliphatic carbocycles. The predicted molar refractivity (Wildman–Crippen MR) is 127 cm³/mol. The molecule has 32 heavy (non-hydrogen) atoms. The zero-order chi connectivity index (χ0) is 22.6. The van der Waals surface area contributed by atoms with Crippen LogP contribution in [0.3, 0.4) is 0 Å². The second kappa shape index (κ2) is 7.37. The molecule has 2 aliphatic rings. The van der Waals surface area contributed by atoms with Crippen molar-refractivity contribution in [3.8, 4) is 5.69 Å². The monoisotopic (exact) mass is 427 g/mol. The molecule has 5 nitrogen and oxygen atoms in total. The van der Waals surface area contributed by atoms with Crippen LogP contribution in [-0.4, -0.2) is 15.6 Å². The van der Waals surface area contributed by atoms with Crippen molar-refractivity contribution < 1.29 is 4.79 Å². The summed E-state index contributed by atoms with van der Waals surface area (Å²) >= 11 is 0. The Bertz CT molecular complexity index is 1270. The molecule has 1 atom stereocenters. The first kappa shape index (κ1) is 20.6. The highest BCUT2D eigenvalue weighted by molar-refractivity contribution is 6.01. The average molecular weight is 428 g/mol. The number of carbonyl (C=O) groups excluding carboxylic acids is 1. The van der Waals surface area contributed by atoms with E-state index in [1.54, 1.807) is 4.68 Å². The highest BCUT2D eigenvalue weighted by Crippen LogP contribution is 2.47. The maximum Gasteiger partial charge on any atom is 0.277 e. The van der Waals surface area contributed by atoms with E-state index in [-0.39, 0.29) is 22.7 Å². The molecule has 0 saturated heterocycles. The van der Waals surface area contributed by atoms with Crippen molar-refractivity contribution >= 4 is 11.6 Å². The number of hydrogen-bond donors (Lipinski definition) is 2. The average Bonchev–Trinajstić information content (AvgIpc) is 3.08. The number of nitrogens with zero attached hydrogens (tertiary/aromatic N) is 1. The van der Waals surface area contributed by atoms with E-state index in [1.165, 1.54) is 5.56 Å². The molecule has 0 bridgehead atoms. The molecule has 0 fully saturated rings. The van der Waals surface area contributed by atoms with E-state index in [0.717, 1.165) is 28.9 Å². The predicted octanol–water partition coefficient (Wildman–Crippen LogP) is 5.49. The molecule has 0 unspecified atom stereocenters. The first-order valence-electron chi connectivity index (χ1n) is 11.3. The Kier molecular flexibility index (Phi) is 4.73. The van der Waals surface area contributed by atoms with Crippen molar-refractivity contribution in [2.75, 3.05) is 5.32 Å². The number of aromatic amines is 1. The molecule has 2 heterocycles. The van der Waals surface area contributed by atoms with Gasteiger partial charge in [0.15, 0.2) is 5.78 Å². The summed E-state index contributed by atoms with van der Waals surface area (Å²) in [6.45, 7) is 8.57. The number of H-pyrrole nitrogens is 1. The fourth-order valence-corrected chi connectivity index (χ4v) is 5.06. The number of aromatic nitrogens is 2. The minimum absolute atomic E-state index is 0.116. The summed E-state index contributed by atoms with van der Waals surface area (Å²) in [5.41, 5.74) is 5.03. The van der Waals surface area contributed by atoms with Gasteiger partial charge in [-0.15, -0.1) is 0 Å². The summed E-state index contributed by atoms with van der Waals surface area (Å²) < 4.78 is 1.57. The molecule has 1 aliphatic heterocycles. The van der Waals surface area contributed by atoms with Gasteiger partial charge in [0.25, 0.3) is 5.56 Å². The van der Waals surface area contributed by atoms with Crippen LogP contribution in [0.4, 0.5) is 5.82 Å². The molecule has 164 valence electrons. The molecular weight excluding hydrogens is 398 g/mol. The van der Waals surface area contributed by atoms with Crippen LogP contribution < -0.4 is 10.9 Å². The normalized spacial score (nSPS) is 19.5. The zero-order valence-electron chi connectivity index (χ0n) is 19.0. The van der Waals surface area contributed by atoms with Crippen LogP contribution in [0.25, 0.3) is 5.69 Å². The van der Waals surface area contributed by atoms with Crippen molar-refractivity contribution in [1.82, 2.24) is 9.78 Å². The Morgan fingerprint density at radius 2 is 1.66 bits per heavy atom. The fourth-order valence-electron chi connectivity index (χ4n) is 5.06. The van der Waals surface area contributed by atoms with Crippen molar-refractivity contribution in [3.05, 3.63) is 92.9 Å². The van der Waals surface area contributed by atoms with E-state index in [2.05, 4.69) is 62.4 Å². The lowest BCUT2D eigenvalue weighted by Gasteiger charge is -2.37. The van der Waals surface area contributed by atoms with Gasteiger partial charge in [0.2, 0.25) is 0 Å². The van der Waals surface area contributed by atoms with Gasteiger partial charge >= 0.3 is 0 Å². The number of allylic oxidation sites excluding steroid dienone is 2. The first-order valence-corrected chi connectivity index (χ1v) is 11.3. The summed E-state index contributed by atoms with van der Waals surface area (Å²) in [4.78, 5) is 27.0. The number of rotatable bonds is 3. The topological polar surface area (TPSA) is 66.9 Å². The quantitative estimate of drug-likeness (QED) is 0.581. The van der Waals surface area contributed by atoms with Crippen LogP contribution >= 0.6 is 0 Å². The van der Waals surface area contributed by atoms with Crippen LogP contribution in [0.2, 0.25) is 0 Å². The van der Waals surface area contributed by atoms with Crippen LogP contribution in [0, 0.1) is 5.41 Å². The number of ketones is 1. The van der Waals surface area contributed by atoms with Gasteiger partial charge < -0.3 is 5.32 Å². The Balaban J connectivity index is 1.72. The van der Waals surface area contributed by atoms with E-state index >= 15 is 0 Å². The smallest absolute Gasteiger partial charge is 0.277 e. The van der Waals surface area contributed by atoms with Crippen molar-refractivity contribution in [3.63, 3.8) is 0 Å². The van der Waals surface area contributed by atoms with Gasteiger partial charge in [0.1, 0.15) is 5.82 Å². The summed E-state index contributed by atoms with van der Waals surface area (Å²) in [6, 6.07) is 17.9. The molecule has 5 rings (SSSR count). The third-order valence-electron chi connectivity index (χ3n) is 6.65. The van der Waals surface area contributed by atoms with E-state index in [0.29, 0.717) is 23.7 Å². The van der Waals surface area contributed by atoms with E-state index in [4.69, 9.17) is 0 Å². The summed E-state index contributed by atoms with van der Waals surface area (Å²) in [6.07, 6.45) is 1.26. The highest BCUT2D eigenvalue weighted by atomic mass is 16.1.